The van der Waals surface area contributed by atoms with Crippen molar-refractivity contribution < 1.29 is 23.8 Å². The molecule has 3 aromatic carbocycles. The number of hydrogen-bond donors (Lipinski definition) is 5. The van der Waals surface area contributed by atoms with Crippen molar-refractivity contribution in [3.05, 3.63) is 104 Å². The lowest BCUT2D eigenvalue weighted by Crippen LogP contribution is -2.48. The first-order valence-corrected chi connectivity index (χ1v) is 14.2. The molecule has 0 aliphatic rings. The molecule has 0 aliphatic heterocycles. The van der Waals surface area contributed by atoms with Crippen molar-refractivity contribution in [3.63, 3.8) is 0 Å². The Kier molecular flexibility index (Phi) is 17.5. The van der Waals surface area contributed by atoms with Crippen molar-refractivity contribution in [3.8, 4) is 0 Å². The highest BCUT2D eigenvalue weighted by molar-refractivity contribution is 14.1. The van der Waals surface area contributed by atoms with E-state index in [9.17, 15) is 23.8 Å². The van der Waals surface area contributed by atoms with E-state index < -0.39 is 29.7 Å². The molecule has 6 nitrogen and oxygen atoms in total. The molecule has 0 spiro atoms. The smallest absolute Gasteiger partial charge is 0.251 e. The first-order chi connectivity index (χ1) is 18.8. The zero-order valence-electron chi connectivity index (χ0n) is 22.8. The molecule has 0 radical (unpaired) electrons. The fraction of sp³-hybridized carbons (Fsp3) is 0.367. The van der Waals surface area contributed by atoms with Crippen molar-refractivity contribution in [2.45, 2.75) is 57.5 Å². The average Bonchev–Trinajstić information content (AvgIpc) is 2.90. The van der Waals surface area contributed by atoms with E-state index in [1.54, 1.807) is 18.2 Å². The van der Waals surface area contributed by atoms with Gasteiger partial charge in [0.05, 0.1) is 12.1 Å². The van der Waals surface area contributed by atoms with Gasteiger partial charge in [0, 0.05) is 47.5 Å². The second kappa shape index (κ2) is 19.4. The standard InChI is InChI=1S/C30H36F2IN3O3.2ClH/c1-2-27(9-10-37)35-18-20-5-3-7-23(11-20)30(39)36-28(15-22-12-24(31)16-25(32)13-22)29(38)19-34-17-21-6-4-8-26(33)14-21;;/h3-8,11-14,16,27-29,34-35,37-38H,2,9-10,15,17-19H2,1H3,(H,36,39);2*1H/t27?,28-,29+;;/m0../s1. The molecular weight excluding hydrogens is 686 g/mol. The van der Waals surface area contributed by atoms with Gasteiger partial charge < -0.3 is 26.2 Å². The van der Waals surface area contributed by atoms with E-state index in [0.29, 0.717) is 30.6 Å². The van der Waals surface area contributed by atoms with Crippen LogP contribution in [0.4, 0.5) is 8.78 Å². The van der Waals surface area contributed by atoms with Crippen LogP contribution in [0.3, 0.4) is 0 Å². The van der Waals surface area contributed by atoms with Crippen LogP contribution >= 0.6 is 47.4 Å². The summed E-state index contributed by atoms with van der Waals surface area (Å²) in [6, 6.07) is 17.7. The van der Waals surface area contributed by atoms with Crippen LogP contribution in [0.25, 0.3) is 0 Å². The Morgan fingerprint density at radius 2 is 1.59 bits per heavy atom. The lowest BCUT2D eigenvalue weighted by Gasteiger charge is -2.25. The van der Waals surface area contributed by atoms with Gasteiger partial charge in [0.1, 0.15) is 11.6 Å². The molecule has 0 saturated carbocycles. The molecule has 3 rings (SSSR count). The number of carbonyl (C=O) groups is 1. The zero-order valence-corrected chi connectivity index (χ0v) is 26.6. The summed E-state index contributed by atoms with van der Waals surface area (Å²) in [6.45, 7) is 3.38. The quantitative estimate of drug-likeness (QED) is 0.140. The lowest BCUT2D eigenvalue weighted by molar-refractivity contribution is 0.0829. The van der Waals surface area contributed by atoms with E-state index in [1.807, 2.05) is 37.3 Å². The molecule has 0 aliphatic carbocycles. The van der Waals surface area contributed by atoms with Gasteiger partial charge in [0.15, 0.2) is 0 Å². The fourth-order valence-corrected chi connectivity index (χ4v) is 4.97. The number of rotatable bonds is 15. The highest BCUT2D eigenvalue weighted by Gasteiger charge is 2.23. The van der Waals surface area contributed by atoms with E-state index >= 15 is 0 Å². The van der Waals surface area contributed by atoms with E-state index in [4.69, 9.17) is 0 Å². The first kappa shape index (κ1) is 37.2. The Balaban J connectivity index is 0.00000420. The van der Waals surface area contributed by atoms with Crippen molar-refractivity contribution in [1.29, 1.82) is 0 Å². The van der Waals surface area contributed by atoms with Gasteiger partial charge in [-0.25, -0.2) is 8.78 Å². The third kappa shape index (κ3) is 12.9. The number of benzene rings is 3. The summed E-state index contributed by atoms with van der Waals surface area (Å²) >= 11 is 2.23. The minimum atomic E-state index is -1.02. The molecule has 1 amide bonds. The molecule has 226 valence electrons. The minimum Gasteiger partial charge on any atom is -0.396 e. The van der Waals surface area contributed by atoms with Crippen LogP contribution in [0.1, 0.15) is 46.8 Å². The molecule has 3 atom stereocenters. The average molecular weight is 724 g/mol. The van der Waals surface area contributed by atoms with E-state index in [1.165, 1.54) is 12.1 Å². The highest BCUT2D eigenvalue weighted by atomic mass is 127. The molecule has 11 heteroatoms. The van der Waals surface area contributed by atoms with Crippen LogP contribution in [0.2, 0.25) is 0 Å². The second-order valence-corrected chi connectivity index (χ2v) is 10.8. The number of hydrogen-bond acceptors (Lipinski definition) is 5. The van der Waals surface area contributed by atoms with Crippen molar-refractivity contribution in [2.24, 2.45) is 0 Å². The van der Waals surface area contributed by atoms with Crippen molar-refractivity contribution in [2.75, 3.05) is 13.2 Å². The largest absolute Gasteiger partial charge is 0.396 e. The summed E-state index contributed by atoms with van der Waals surface area (Å²) < 4.78 is 28.8. The van der Waals surface area contributed by atoms with Gasteiger partial charge >= 0.3 is 0 Å². The van der Waals surface area contributed by atoms with Gasteiger partial charge in [-0.05, 0) is 94.9 Å². The fourth-order valence-electron chi connectivity index (χ4n) is 4.36. The third-order valence-corrected chi connectivity index (χ3v) is 7.16. The van der Waals surface area contributed by atoms with Gasteiger partial charge in [-0.15, -0.1) is 24.8 Å². The normalized spacial score (nSPS) is 12.9. The molecule has 1 unspecified atom stereocenters. The Morgan fingerprint density at radius 3 is 2.22 bits per heavy atom. The maximum Gasteiger partial charge on any atom is 0.251 e. The predicted octanol–water partition coefficient (Wildman–Crippen LogP) is 5.16. The number of nitrogens with one attached hydrogen (secondary N) is 3. The maximum absolute atomic E-state index is 13.9. The van der Waals surface area contributed by atoms with Gasteiger partial charge in [0.25, 0.3) is 5.91 Å². The first-order valence-electron chi connectivity index (χ1n) is 13.1. The number of carbonyl (C=O) groups excluding carboxylic acids is 1. The molecule has 0 aromatic heterocycles. The van der Waals surface area contributed by atoms with Crippen LogP contribution in [0.5, 0.6) is 0 Å². The summed E-state index contributed by atoms with van der Waals surface area (Å²) in [6.07, 6.45) is 0.553. The van der Waals surface area contributed by atoms with E-state index in [0.717, 1.165) is 27.2 Å². The highest BCUT2D eigenvalue weighted by Crippen LogP contribution is 2.14. The summed E-state index contributed by atoms with van der Waals surface area (Å²) in [7, 11) is 0. The molecule has 3 aromatic rings. The van der Waals surface area contributed by atoms with Crippen molar-refractivity contribution >= 4 is 53.3 Å². The lowest BCUT2D eigenvalue weighted by atomic mass is 9.99. The minimum absolute atomic E-state index is 0. The topological polar surface area (TPSA) is 93.6 Å². The molecule has 5 N–H and O–H groups in total. The molecular formula is C30H38Cl2F2IN3O3. The number of aliphatic hydroxyl groups is 2. The molecule has 0 fully saturated rings. The summed E-state index contributed by atoms with van der Waals surface area (Å²) in [5.74, 6) is -1.82. The summed E-state index contributed by atoms with van der Waals surface area (Å²) in [4.78, 5) is 13.2. The Bertz CT molecular complexity index is 1200. The molecule has 41 heavy (non-hydrogen) atoms. The number of aliphatic hydroxyl groups excluding tert-OH is 2. The van der Waals surface area contributed by atoms with Crippen molar-refractivity contribution in [1.82, 2.24) is 16.0 Å². The van der Waals surface area contributed by atoms with Crippen LogP contribution < -0.4 is 16.0 Å². The second-order valence-electron chi connectivity index (χ2n) is 9.59. The van der Waals surface area contributed by atoms with Crippen LogP contribution in [-0.2, 0) is 19.5 Å². The summed E-state index contributed by atoms with van der Waals surface area (Å²) in [5, 5.41) is 29.7. The molecule has 0 saturated heterocycles. The number of amides is 1. The monoisotopic (exact) mass is 723 g/mol. The van der Waals surface area contributed by atoms with E-state index in [-0.39, 0.29) is 50.4 Å². The Labute approximate surface area is 266 Å². The zero-order chi connectivity index (χ0) is 28.2. The predicted molar refractivity (Wildman–Crippen MR) is 172 cm³/mol. The van der Waals surface area contributed by atoms with Gasteiger partial charge in [-0.2, -0.15) is 0 Å². The molecule has 0 heterocycles. The maximum atomic E-state index is 13.9. The van der Waals surface area contributed by atoms with Gasteiger partial charge in [-0.3, -0.25) is 4.79 Å². The molecule has 0 bridgehead atoms. The number of halogens is 5. The van der Waals surface area contributed by atoms with Crippen LogP contribution in [0.15, 0.2) is 66.7 Å². The van der Waals surface area contributed by atoms with E-state index in [2.05, 4.69) is 38.5 Å². The Hall–Kier alpha value is -1.86. The van der Waals surface area contributed by atoms with Gasteiger partial charge in [-0.1, -0.05) is 31.2 Å². The SMILES string of the molecule is CCC(CCO)NCc1cccc(C(=O)N[C@@H](Cc2cc(F)cc(F)c2)[C@H](O)CNCc2cccc(I)c2)c1.Cl.Cl. The van der Waals surface area contributed by atoms with Gasteiger partial charge in [0.2, 0.25) is 0 Å². The third-order valence-electron chi connectivity index (χ3n) is 6.48. The summed E-state index contributed by atoms with van der Waals surface area (Å²) in [5.41, 5.74) is 2.71. The Morgan fingerprint density at radius 1 is 0.927 bits per heavy atom. The van der Waals surface area contributed by atoms with Crippen LogP contribution in [0, 0.1) is 15.2 Å². The van der Waals surface area contributed by atoms with Crippen LogP contribution in [-0.4, -0.2) is 47.5 Å².